The van der Waals surface area contributed by atoms with E-state index in [-0.39, 0.29) is 5.75 Å². The van der Waals surface area contributed by atoms with Crippen LogP contribution >= 0.6 is 0 Å². The molecule has 1 heterocycles. The maximum absolute atomic E-state index is 12.0. The Morgan fingerprint density at radius 3 is 2.63 bits per heavy atom. The van der Waals surface area contributed by atoms with E-state index in [1.165, 1.54) is 0 Å². The topological polar surface area (TPSA) is 76.9 Å². The molecule has 1 N–H and O–H groups in total. The lowest BCUT2D eigenvalue weighted by Crippen LogP contribution is -2.32. The standard InChI is InChI=1S/C12H24N4O2S/c1-5-6-13-9-11-10-16(15-14-11)7-8-19(17,18)12(2,3)4/h10,13H,5-9H2,1-4H3. The molecule has 0 spiro atoms. The number of sulfone groups is 1. The number of hydrogen-bond acceptors (Lipinski definition) is 5. The van der Waals surface area contributed by atoms with Gasteiger partial charge in [-0.25, -0.2) is 8.42 Å². The Morgan fingerprint density at radius 2 is 2.05 bits per heavy atom. The van der Waals surface area contributed by atoms with E-state index in [2.05, 4.69) is 22.6 Å². The summed E-state index contributed by atoms with van der Waals surface area (Å²) in [5.74, 6) is 0.0850. The number of nitrogens with zero attached hydrogens (tertiary/aromatic N) is 3. The van der Waals surface area contributed by atoms with Crippen LogP contribution in [-0.4, -0.2) is 40.5 Å². The van der Waals surface area contributed by atoms with Gasteiger partial charge in [0.05, 0.1) is 22.7 Å². The van der Waals surface area contributed by atoms with E-state index < -0.39 is 14.6 Å². The highest BCUT2D eigenvalue weighted by Crippen LogP contribution is 2.16. The van der Waals surface area contributed by atoms with Crippen molar-refractivity contribution in [1.82, 2.24) is 20.3 Å². The van der Waals surface area contributed by atoms with Crippen LogP contribution in [0.4, 0.5) is 0 Å². The van der Waals surface area contributed by atoms with E-state index in [0.717, 1.165) is 18.7 Å². The van der Waals surface area contributed by atoms with Crippen LogP contribution in [0.1, 0.15) is 39.8 Å². The van der Waals surface area contributed by atoms with Crippen LogP contribution in [-0.2, 0) is 22.9 Å². The molecule has 0 aromatic carbocycles. The fourth-order valence-corrected chi connectivity index (χ4v) is 2.48. The van der Waals surface area contributed by atoms with Gasteiger partial charge in [0, 0.05) is 12.7 Å². The Balaban J connectivity index is 2.51. The quantitative estimate of drug-likeness (QED) is 0.757. The van der Waals surface area contributed by atoms with Gasteiger partial charge < -0.3 is 5.32 Å². The van der Waals surface area contributed by atoms with Gasteiger partial charge in [-0.05, 0) is 33.7 Å². The van der Waals surface area contributed by atoms with Crippen LogP contribution in [0.3, 0.4) is 0 Å². The summed E-state index contributed by atoms with van der Waals surface area (Å²) in [5, 5.41) is 11.2. The van der Waals surface area contributed by atoms with Crippen molar-refractivity contribution >= 4 is 9.84 Å². The Hall–Kier alpha value is -0.950. The summed E-state index contributed by atoms with van der Waals surface area (Å²) in [5.41, 5.74) is 0.835. The average molecular weight is 288 g/mol. The van der Waals surface area contributed by atoms with Crippen LogP contribution in [0.25, 0.3) is 0 Å². The maximum atomic E-state index is 12.0. The van der Waals surface area contributed by atoms with Crippen molar-refractivity contribution in [2.24, 2.45) is 0 Å². The lowest BCUT2D eigenvalue weighted by Gasteiger charge is -2.18. The van der Waals surface area contributed by atoms with Crippen LogP contribution in [0.2, 0.25) is 0 Å². The van der Waals surface area contributed by atoms with Crippen molar-refractivity contribution in [2.75, 3.05) is 12.3 Å². The minimum atomic E-state index is -3.11. The van der Waals surface area contributed by atoms with Crippen molar-refractivity contribution in [1.29, 1.82) is 0 Å². The van der Waals surface area contributed by atoms with E-state index in [1.54, 1.807) is 31.6 Å². The van der Waals surface area contributed by atoms with Gasteiger partial charge >= 0.3 is 0 Å². The molecule has 0 aliphatic rings. The third-order valence-electron chi connectivity index (χ3n) is 2.84. The van der Waals surface area contributed by atoms with Crippen molar-refractivity contribution in [3.05, 3.63) is 11.9 Å². The fraction of sp³-hybridized carbons (Fsp3) is 0.833. The molecule has 0 radical (unpaired) electrons. The first-order valence-corrected chi connectivity index (χ1v) is 8.23. The minimum absolute atomic E-state index is 0.0850. The number of aromatic nitrogens is 3. The lowest BCUT2D eigenvalue weighted by atomic mass is 10.3. The van der Waals surface area contributed by atoms with Gasteiger partial charge in [0.2, 0.25) is 0 Å². The third-order valence-corrected chi connectivity index (χ3v) is 5.43. The first-order chi connectivity index (χ1) is 8.76. The van der Waals surface area contributed by atoms with E-state index in [9.17, 15) is 8.42 Å². The van der Waals surface area contributed by atoms with E-state index in [4.69, 9.17) is 0 Å². The fourth-order valence-electron chi connectivity index (χ4n) is 1.44. The molecule has 0 unspecified atom stereocenters. The number of aryl methyl sites for hydroxylation is 1. The summed E-state index contributed by atoms with van der Waals surface area (Å²) in [6.07, 6.45) is 2.86. The van der Waals surface area contributed by atoms with Gasteiger partial charge in [-0.15, -0.1) is 5.10 Å². The van der Waals surface area contributed by atoms with Gasteiger partial charge in [-0.1, -0.05) is 12.1 Å². The SMILES string of the molecule is CCCNCc1cn(CCS(=O)(=O)C(C)(C)C)nn1. The number of rotatable bonds is 7. The zero-order chi connectivity index (χ0) is 14.5. The number of nitrogens with one attached hydrogen (secondary N) is 1. The Bertz CT molecular complexity index is 488. The van der Waals surface area contributed by atoms with Crippen molar-refractivity contribution < 1.29 is 8.42 Å². The molecule has 6 nitrogen and oxygen atoms in total. The number of hydrogen-bond donors (Lipinski definition) is 1. The summed E-state index contributed by atoms with van der Waals surface area (Å²) in [7, 11) is -3.11. The second-order valence-corrected chi connectivity index (χ2v) is 8.44. The molecule has 0 aliphatic heterocycles. The van der Waals surface area contributed by atoms with Crippen molar-refractivity contribution in [3.63, 3.8) is 0 Å². The zero-order valence-electron chi connectivity index (χ0n) is 12.2. The van der Waals surface area contributed by atoms with Gasteiger partial charge in [0.25, 0.3) is 0 Å². The monoisotopic (exact) mass is 288 g/mol. The molecule has 1 aromatic heterocycles. The van der Waals surface area contributed by atoms with E-state index in [0.29, 0.717) is 13.1 Å². The van der Waals surface area contributed by atoms with Gasteiger partial charge in [0.1, 0.15) is 0 Å². The average Bonchev–Trinajstić information content (AvgIpc) is 2.73. The summed E-state index contributed by atoms with van der Waals surface area (Å²) in [6, 6.07) is 0. The normalized spacial score (nSPS) is 12.8. The first kappa shape index (κ1) is 16.1. The second-order valence-electron chi connectivity index (χ2n) is 5.58. The first-order valence-electron chi connectivity index (χ1n) is 6.58. The molecule has 1 aromatic rings. The molecule has 0 saturated carbocycles. The molecule has 0 aliphatic carbocycles. The summed E-state index contributed by atoms with van der Waals surface area (Å²) in [4.78, 5) is 0. The molecule has 19 heavy (non-hydrogen) atoms. The predicted molar refractivity (Wildman–Crippen MR) is 75.6 cm³/mol. The van der Waals surface area contributed by atoms with Crippen molar-refractivity contribution in [3.8, 4) is 0 Å². The summed E-state index contributed by atoms with van der Waals surface area (Å²) < 4.78 is 24.8. The lowest BCUT2D eigenvalue weighted by molar-refractivity contribution is 0.545. The smallest absolute Gasteiger partial charge is 0.157 e. The summed E-state index contributed by atoms with van der Waals surface area (Å²) in [6.45, 7) is 9.18. The van der Waals surface area contributed by atoms with Crippen LogP contribution in [0, 0.1) is 0 Å². The van der Waals surface area contributed by atoms with Gasteiger partial charge in [0.15, 0.2) is 9.84 Å². The highest BCUT2D eigenvalue weighted by Gasteiger charge is 2.28. The molecule has 110 valence electrons. The van der Waals surface area contributed by atoms with Crippen LogP contribution in [0.15, 0.2) is 6.20 Å². The predicted octanol–water partition coefficient (Wildman–Crippen LogP) is 0.991. The Morgan fingerprint density at radius 1 is 1.37 bits per heavy atom. The molecule has 0 bridgehead atoms. The molecule has 0 amide bonds. The zero-order valence-corrected chi connectivity index (χ0v) is 13.0. The molecular weight excluding hydrogens is 264 g/mol. The highest BCUT2D eigenvalue weighted by molar-refractivity contribution is 7.92. The van der Waals surface area contributed by atoms with E-state index >= 15 is 0 Å². The molecule has 7 heteroatoms. The maximum Gasteiger partial charge on any atom is 0.157 e. The van der Waals surface area contributed by atoms with Crippen LogP contribution < -0.4 is 5.32 Å². The van der Waals surface area contributed by atoms with E-state index in [1.807, 2.05) is 0 Å². The molecule has 0 atom stereocenters. The molecule has 0 saturated heterocycles. The second kappa shape index (κ2) is 6.47. The van der Waals surface area contributed by atoms with Gasteiger partial charge in [-0.2, -0.15) is 0 Å². The molecule has 1 rings (SSSR count). The van der Waals surface area contributed by atoms with Crippen LogP contribution in [0.5, 0.6) is 0 Å². The Kier molecular flexibility index (Phi) is 5.49. The summed E-state index contributed by atoms with van der Waals surface area (Å²) >= 11 is 0. The Labute approximate surface area is 115 Å². The minimum Gasteiger partial charge on any atom is -0.311 e. The highest BCUT2D eigenvalue weighted by atomic mass is 32.2. The molecule has 0 fully saturated rings. The third kappa shape index (κ3) is 4.91. The van der Waals surface area contributed by atoms with Crippen molar-refractivity contribution in [2.45, 2.75) is 52.0 Å². The largest absolute Gasteiger partial charge is 0.311 e. The molecular formula is C12H24N4O2S. The van der Waals surface area contributed by atoms with Gasteiger partial charge in [-0.3, -0.25) is 4.68 Å².